The molecule has 0 atom stereocenters. The van der Waals surface area contributed by atoms with Gasteiger partial charge in [0.05, 0.1) is 0 Å². The minimum Gasteiger partial charge on any atom is -0.0808 e. The first-order valence-electron chi connectivity index (χ1n) is 5.45. The summed E-state index contributed by atoms with van der Waals surface area (Å²) >= 11 is 0. The Morgan fingerprint density at radius 2 is 0.562 bits per heavy atom. The molecule has 3 rings (SSSR count). The maximum atomic E-state index is 2.12. The molecule has 3 aliphatic carbocycles. The molecule has 0 aliphatic heterocycles. The molecule has 0 bridgehead atoms. The van der Waals surface area contributed by atoms with Crippen molar-refractivity contribution >= 4 is 0 Å². The molecule has 0 heterocycles. The zero-order chi connectivity index (χ0) is 10.6. The summed E-state index contributed by atoms with van der Waals surface area (Å²) in [6.45, 7) is 0. The van der Waals surface area contributed by atoms with Crippen LogP contribution in [0.25, 0.3) is 0 Å². The van der Waals surface area contributed by atoms with Gasteiger partial charge in [0.1, 0.15) is 0 Å². The Kier molecular flexibility index (Phi) is 12.6. The molecule has 0 fully saturated rings. The molecule has 0 radical (unpaired) electrons. The van der Waals surface area contributed by atoms with Crippen molar-refractivity contribution in [2.45, 2.75) is 19.3 Å². The maximum Gasteiger partial charge on any atom is 0 e. The van der Waals surface area contributed by atoms with E-state index in [-0.39, 0.29) is 39.9 Å². The van der Waals surface area contributed by atoms with Gasteiger partial charge < -0.3 is 0 Å². The molecular formula is C15H18Gd. The quantitative estimate of drug-likeness (QED) is 0.600. The van der Waals surface area contributed by atoms with Crippen molar-refractivity contribution in [1.82, 2.24) is 0 Å². The summed E-state index contributed by atoms with van der Waals surface area (Å²) in [6.07, 6.45) is 28.5. The van der Waals surface area contributed by atoms with Crippen molar-refractivity contribution in [2.24, 2.45) is 0 Å². The van der Waals surface area contributed by atoms with Crippen molar-refractivity contribution in [3.8, 4) is 0 Å². The van der Waals surface area contributed by atoms with Gasteiger partial charge in [0.15, 0.2) is 0 Å². The fourth-order valence-electron chi connectivity index (χ4n) is 1.18. The average molecular weight is 356 g/mol. The van der Waals surface area contributed by atoms with Crippen LogP contribution in [0.1, 0.15) is 19.3 Å². The van der Waals surface area contributed by atoms with Gasteiger partial charge in [-0.1, -0.05) is 72.9 Å². The molecule has 1 heteroatoms. The van der Waals surface area contributed by atoms with E-state index in [4.69, 9.17) is 0 Å². The minimum absolute atomic E-state index is 0. The fourth-order valence-corrected chi connectivity index (χ4v) is 1.18. The second kappa shape index (κ2) is 12.8. The molecule has 0 aromatic carbocycles. The van der Waals surface area contributed by atoms with Crippen LogP contribution < -0.4 is 0 Å². The molecule has 0 spiro atoms. The van der Waals surface area contributed by atoms with E-state index in [1.165, 1.54) is 0 Å². The van der Waals surface area contributed by atoms with Crippen LogP contribution in [-0.2, 0) is 0 Å². The Morgan fingerprint density at radius 3 is 0.625 bits per heavy atom. The fraction of sp³-hybridized carbons (Fsp3) is 0.200. The summed E-state index contributed by atoms with van der Waals surface area (Å²) < 4.78 is 0. The van der Waals surface area contributed by atoms with Crippen molar-refractivity contribution in [1.29, 1.82) is 0 Å². The van der Waals surface area contributed by atoms with Crippen molar-refractivity contribution in [3.05, 3.63) is 72.9 Å². The normalized spacial score (nSPS) is 16.5. The van der Waals surface area contributed by atoms with Crippen LogP contribution in [0.3, 0.4) is 0 Å². The SMILES string of the molecule is C1=CCC=C1.C1=CCC=C1.C1=CCC=C1.[Gd]. The summed E-state index contributed by atoms with van der Waals surface area (Å²) in [6, 6.07) is 0. The first-order chi connectivity index (χ1) is 7.50. The van der Waals surface area contributed by atoms with Crippen LogP contribution in [0.4, 0.5) is 0 Å². The topological polar surface area (TPSA) is 0 Å². The average Bonchev–Trinajstić information content (AvgIpc) is 3.09. The van der Waals surface area contributed by atoms with Crippen molar-refractivity contribution in [3.63, 3.8) is 0 Å². The second-order valence-electron chi connectivity index (χ2n) is 3.28. The van der Waals surface area contributed by atoms with Gasteiger partial charge in [-0.05, 0) is 19.3 Å². The summed E-state index contributed by atoms with van der Waals surface area (Å²) in [5.74, 6) is 0. The van der Waals surface area contributed by atoms with Crippen LogP contribution in [0.5, 0.6) is 0 Å². The standard InChI is InChI=1S/3C5H6.Gd/c3*1-2-4-5-3-1;/h3*1-4H,5H2;. The third-order valence-electron chi connectivity index (χ3n) is 1.97. The van der Waals surface area contributed by atoms with Gasteiger partial charge in [0.2, 0.25) is 0 Å². The molecular weight excluding hydrogens is 337 g/mol. The van der Waals surface area contributed by atoms with E-state index in [9.17, 15) is 0 Å². The summed E-state index contributed by atoms with van der Waals surface area (Å²) in [4.78, 5) is 0. The van der Waals surface area contributed by atoms with Gasteiger partial charge in [-0.2, -0.15) is 0 Å². The molecule has 0 nitrogen and oxygen atoms in total. The Bertz CT molecular complexity index is 232. The number of rotatable bonds is 0. The van der Waals surface area contributed by atoms with Gasteiger partial charge in [-0.25, -0.2) is 0 Å². The van der Waals surface area contributed by atoms with Crippen molar-refractivity contribution in [2.75, 3.05) is 0 Å². The zero-order valence-electron chi connectivity index (χ0n) is 9.40. The van der Waals surface area contributed by atoms with E-state index in [0.29, 0.717) is 0 Å². The van der Waals surface area contributed by atoms with E-state index in [1.54, 1.807) is 0 Å². The van der Waals surface area contributed by atoms with E-state index in [0.717, 1.165) is 19.3 Å². The Labute approximate surface area is 131 Å². The molecule has 86 valence electrons. The minimum atomic E-state index is 0. The van der Waals surface area contributed by atoms with Crippen LogP contribution in [0, 0.1) is 39.9 Å². The predicted molar refractivity (Wildman–Crippen MR) is 68.7 cm³/mol. The third kappa shape index (κ3) is 10.3. The third-order valence-corrected chi connectivity index (χ3v) is 1.97. The van der Waals surface area contributed by atoms with E-state index >= 15 is 0 Å². The van der Waals surface area contributed by atoms with Crippen LogP contribution in [0.2, 0.25) is 0 Å². The first-order valence-corrected chi connectivity index (χ1v) is 5.45. The molecule has 16 heavy (non-hydrogen) atoms. The zero-order valence-corrected chi connectivity index (χ0v) is 11.7. The van der Waals surface area contributed by atoms with Crippen molar-refractivity contribution < 1.29 is 39.9 Å². The number of hydrogen-bond acceptors (Lipinski definition) is 0. The molecule has 0 aromatic rings. The summed E-state index contributed by atoms with van der Waals surface area (Å²) in [7, 11) is 0. The summed E-state index contributed by atoms with van der Waals surface area (Å²) in [5, 5.41) is 0. The number of allylic oxidation sites excluding steroid dienone is 12. The van der Waals surface area contributed by atoms with E-state index in [1.807, 2.05) is 0 Å². The molecule has 0 amide bonds. The van der Waals surface area contributed by atoms with Gasteiger partial charge in [-0.15, -0.1) is 0 Å². The molecule has 0 saturated carbocycles. The van der Waals surface area contributed by atoms with Gasteiger partial charge >= 0.3 is 0 Å². The number of hydrogen-bond donors (Lipinski definition) is 0. The molecule has 0 aromatic heterocycles. The van der Waals surface area contributed by atoms with E-state index in [2.05, 4.69) is 72.9 Å². The van der Waals surface area contributed by atoms with Gasteiger partial charge in [-0.3, -0.25) is 0 Å². The van der Waals surface area contributed by atoms with Crippen LogP contribution in [-0.4, -0.2) is 0 Å². The smallest absolute Gasteiger partial charge is 0 e. The molecule has 0 N–H and O–H groups in total. The molecule has 0 saturated heterocycles. The first kappa shape index (κ1) is 15.8. The molecule has 0 unspecified atom stereocenters. The monoisotopic (exact) mass is 356 g/mol. The van der Waals surface area contributed by atoms with E-state index < -0.39 is 0 Å². The molecule has 3 aliphatic rings. The van der Waals surface area contributed by atoms with Crippen LogP contribution in [0.15, 0.2) is 72.9 Å². The van der Waals surface area contributed by atoms with Gasteiger partial charge in [0.25, 0.3) is 0 Å². The predicted octanol–water partition coefficient (Wildman–Crippen LogP) is 4.51. The van der Waals surface area contributed by atoms with Crippen LogP contribution >= 0.6 is 0 Å². The largest absolute Gasteiger partial charge is 0.0808 e. The summed E-state index contributed by atoms with van der Waals surface area (Å²) in [5.41, 5.74) is 0. The maximum absolute atomic E-state index is 2.12. The Hall–Kier alpha value is -0.235. The Balaban J connectivity index is 0.000000205. The Morgan fingerprint density at radius 1 is 0.375 bits per heavy atom. The van der Waals surface area contributed by atoms with Gasteiger partial charge in [0, 0.05) is 39.9 Å². The second-order valence-corrected chi connectivity index (χ2v) is 3.28.